The van der Waals surface area contributed by atoms with E-state index in [-0.39, 0.29) is 5.82 Å². The summed E-state index contributed by atoms with van der Waals surface area (Å²) >= 11 is 0. The number of aryl methyl sites for hydroxylation is 2. The highest BCUT2D eigenvalue weighted by Gasteiger charge is 2.04. The number of hydrogen-bond acceptors (Lipinski definition) is 3. The minimum Gasteiger partial charge on any atom is -0.370 e. The molecule has 0 unspecified atom stereocenters. The Kier molecular flexibility index (Phi) is 4.56. The summed E-state index contributed by atoms with van der Waals surface area (Å²) in [5.41, 5.74) is 2.41. The van der Waals surface area contributed by atoms with E-state index < -0.39 is 0 Å². The SMILES string of the molecule is CCNc1cccc(NCc2cc(C)c(F)c(C)c2)n1. The minimum absolute atomic E-state index is 0.124. The predicted molar refractivity (Wildman–Crippen MR) is 81.6 cm³/mol. The summed E-state index contributed by atoms with van der Waals surface area (Å²) in [5, 5.41) is 6.43. The molecule has 2 rings (SSSR count). The summed E-state index contributed by atoms with van der Waals surface area (Å²) in [5.74, 6) is 1.54. The molecule has 0 aliphatic rings. The lowest BCUT2D eigenvalue weighted by molar-refractivity contribution is 0.608. The van der Waals surface area contributed by atoms with Crippen LogP contribution < -0.4 is 10.6 Å². The van der Waals surface area contributed by atoms with Gasteiger partial charge in [-0.2, -0.15) is 0 Å². The molecule has 0 spiro atoms. The standard InChI is InChI=1S/C16H20FN3/c1-4-18-14-6-5-7-15(20-14)19-10-13-8-11(2)16(17)12(3)9-13/h5-9H,4,10H2,1-3H3,(H2,18,19,20). The van der Waals surface area contributed by atoms with E-state index in [1.165, 1.54) is 0 Å². The van der Waals surface area contributed by atoms with E-state index in [0.717, 1.165) is 23.7 Å². The van der Waals surface area contributed by atoms with Crippen LogP contribution in [0.3, 0.4) is 0 Å². The molecule has 20 heavy (non-hydrogen) atoms. The fraction of sp³-hybridized carbons (Fsp3) is 0.312. The topological polar surface area (TPSA) is 37.0 Å². The lowest BCUT2D eigenvalue weighted by Gasteiger charge is -2.10. The van der Waals surface area contributed by atoms with Gasteiger partial charge in [-0.3, -0.25) is 0 Å². The molecule has 2 aromatic rings. The second-order valence-electron chi connectivity index (χ2n) is 4.84. The molecule has 0 aliphatic carbocycles. The summed E-state index contributed by atoms with van der Waals surface area (Å²) in [6.07, 6.45) is 0. The van der Waals surface area contributed by atoms with E-state index in [2.05, 4.69) is 15.6 Å². The molecule has 1 aromatic carbocycles. The molecule has 0 amide bonds. The molecule has 0 saturated heterocycles. The molecule has 0 saturated carbocycles. The smallest absolute Gasteiger partial charge is 0.129 e. The zero-order valence-corrected chi connectivity index (χ0v) is 12.1. The first kappa shape index (κ1) is 14.3. The first-order valence-electron chi connectivity index (χ1n) is 6.80. The van der Waals surface area contributed by atoms with Crippen molar-refractivity contribution in [1.29, 1.82) is 0 Å². The molecule has 0 atom stereocenters. The van der Waals surface area contributed by atoms with Crippen LogP contribution in [-0.2, 0) is 6.54 Å². The van der Waals surface area contributed by atoms with Crippen LogP contribution in [0, 0.1) is 19.7 Å². The van der Waals surface area contributed by atoms with E-state index >= 15 is 0 Å². The number of aromatic nitrogens is 1. The van der Waals surface area contributed by atoms with Crippen molar-refractivity contribution in [2.75, 3.05) is 17.2 Å². The molecular weight excluding hydrogens is 253 g/mol. The van der Waals surface area contributed by atoms with Gasteiger partial charge in [0, 0.05) is 13.1 Å². The van der Waals surface area contributed by atoms with Gasteiger partial charge in [-0.15, -0.1) is 0 Å². The molecule has 0 bridgehead atoms. The van der Waals surface area contributed by atoms with Crippen molar-refractivity contribution in [3.05, 3.63) is 52.8 Å². The van der Waals surface area contributed by atoms with E-state index in [1.807, 2.05) is 37.3 Å². The third kappa shape index (κ3) is 3.47. The Morgan fingerprint density at radius 1 is 1.05 bits per heavy atom. The largest absolute Gasteiger partial charge is 0.370 e. The van der Waals surface area contributed by atoms with Gasteiger partial charge in [-0.25, -0.2) is 9.37 Å². The van der Waals surface area contributed by atoms with E-state index in [4.69, 9.17) is 0 Å². The zero-order chi connectivity index (χ0) is 14.5. The Bertz CT molecular complexity index is 573. The Morgan fingerprint density at radius 2 is 1.65 bits per heavy atom. The van der Waals surface area contributed by atoms with Crippen LogP contribution in [0.25, 0.3) is 0 Å². The summed E-state index contributed by atoms with van der Waals surface area (Å²) in [7, 11) is 0. The van der Waals surface area contributed by atoms with Crippen LogP contribution in [0.5, 0.6) is 0 Å². The van der Waals surface area contributed by atoms with Gasteiger partial charge in [0.25, 0.3) is 0 Å². The monoisotopic (exact) mass is 273 g/mol. The summed E-state index contributed by atoms with van der Waals surface area (Å²) in [4.78, 5) is 4.44. The van der Waals surface area contributed by atoms with Gasteiger partial charge in [0.05, 0.1) is 0 Å². The minimum atomic E-state index is -0.124. The van der Waals surface area contributed by atoms with Gasteiger partial charge >= 0.3 is 0 Å². The molecule has 106 valence electrons. The first-order chi connectivity index (χ1) is 9.60. The number of pyridine rings is 1. The quantitative estimate of drug-likeness (QED) is 0.868. The summed E-state index contributed by atoms with van der Waals surface area (Å²) < 4.78 is 13.6. The van der Waals surface area contributed by atoms with Crippen molar-refractivity contribution in [1.82, 2.24) is 4.98 Å². The summed E-state index contributed by atoms with van der Waals surface area (Å²) in [6, 6.07) is 9.53. The number of benzene rings is 1. The van der Waals surface area contributed by atoms with Crippen molar-refractivity contribution in [3.8, 4) is 0 Å². The predicted octanol–water partition coefficient (Wildman–Crippen LogP) is 3.88. The Labute approximate surface area is 119 Å². The van der Waals surface area contributed by atoms with E-state index in [9.17, 15) is 4.39 Å². The van der Waals surface area contributed by atoms with Gasteiger partial charge in [0.15, 0.2) is 0 Å². The maximum absolute atomic E-state index is 13.6. The highest BCUT2D eigenvalue weighted by Crippen LogP contribution is 2.16. The van der Waals surface area contributed by atoms with Crippen LogP contribution >= 0.6 is 0 Å². The molecule has 2 N–H and O–H groups in total. The average molecular weight is 273 g/mol. The van der Waals surface area contributed by atoms with Gasteiger partial charge < -0.3 is 10.6 Å². The fourth-order valence-corrected chi connectivity index (χ4v) is 2.14. The molecule has 0 radical (unpaired) electrons. The molecule has 1 heterocycles. The van der Waals surface area contributed by atoms with Crippen LogP contribution in [0.4, 0.5) is 16.0 Å². The number of nitrogens with one attached hydrogen (secondary N) is 2. The number of nitrogens with zero attached hydrogens (tertiary/aromatic N) is 1. The highest BCUT2D eigenvalue weighted by molar-refractivity contribution is 5.45. The third-order valence-corrected chi connectivity index (χ3v) is 3.08. The van der Waals surface area contributed by atoms with Gasteiger partial charge in [-0.1, -0.05) is 18.2 Å². The van der Waals surface area contributed by atoms with Crippen molar-refractivity contribution in [2.24, 2.45) is 0 Å². The van der Waals surface area contributed by atoms with Crippen molar-refractivity contribution in [2.45, 2.75) is 27.3 Å². The maximum Gasteiger partial charge on any atom is 0.129 e. The van der Waals surface area contributed by atoms with E-state index in [1.54, 1.807) is 13.8 Å². The molecule has 0 fully saturated rings. The van der Waals surface area contributed by atoms with Crippen LogP contribution in [0.2, 0.25) is 0 Å². The van der Waals surface area contributed by atoms with Crippen molar-refractivity contribution in [3.63, 3.8) is 0 Å². The number of halogens is 1. The van der Waals surface area contributed by atoms with Gasteiger partial charge in [0.2, 0.25) is 0 Å². The molecule has 3 nitrogen and oxygen atoms in total. The maximum atomic E-state index is 13.6. The number of anilines is 2. The Hall–Kier alpha value is -2.10. The van der Waals surface area contributed by atoms with Gasteiger partial charge in [0.1, 0.15) is 17.5 Å². The van der Waals surface area contributed by atoms with Gasteiger partial charge in [-0.05, 0) is 49.6 Å². The lowest BCUT2D eigenvalue weighted by atomic mass is 10.1. The zero-order valence-electron chi connectivity index (χ0n) is 12.1. The fourth-order valence-electron chi connectivity index (χ4n) is 2.14. The number of hydrogen-bond donors (Lipinski definition) is 2. The van der Waals surface area contributed by atoms with Crippen molar-refractivity contribution < 1.29 is 4.39 Å². The molecule has 4 heteroatoms. The van der Waals surface area contributed by atoms with Crippen LogP contribution in [-0.4, -0.2) is 11.5 Å². The lowest BCUT2D eigenvalue weighted by Crippen LogP contribution is -2.05. The Balaban J connectivity index is 2.07. The normalized spacial score (nSPS) is 10.4. The van der Waals surface area contributed by atoms with Crippen LogP contribution in [0.1, 0.15) is 23.6 Å². The molecular formula is C16H20FN3. The van der Waals surface area contributed by atoms with Crippen molar-refractivity contribution >= 4 is 11.6 Å². The van der Waals surface area contributed by atoms with Crippen LogP contribution in [0.15, 0.2) is 30.3 Å². The average Bonchev–Trinajstić information content (AvgIpc) is 2.43. The summed E-state index contributed by atoms with van der Waals surface area (Å²) in [6.45, 7) is 7.08. The molecule has 1 aromatic heterocycles. The second-order valence-corrected chi connectivity index (χ2v) is 4.84. The third-order valence-electron chi connectivity index (χ3n) is 3.08. The Morgan fingerprint density at radius 3 is 2.25 bits per heavy atom. The first-order valence-corrected chi connectivity index (χ1v) is 6.80. The second kappa shape index (κ2) is 6.37. The molecule has 0 aliphatic heterocycles. The van der Waals surface area contributed by atoms with E-state index in [0.29, 0.717) is 17.7 Å². The number of rotatable bonds is 5. The highest BCUT2D eigenvalue weighted by atomic mass is 19.1.